The third-order valence-corrected chi connectivity index (χ3v) is 4.83. The van der Waals surface area contributed by atoms with Crippen molar-refractivity contribution in [2.75, 3.05) is 0 Å². The Labute approximate surface area is 160 Å². The normalized spacial score (nSPS) is 10.8. The van der Waals surface area contributed by atoms with Crippen molar-refractivity contribution in [1.29, 1.82) is 0 Å². The van der Waals surface area contributed by atoms with E-state index in [0.717, 1.165) is 33.6 Å². The molecule has 0 radical (unpaired) electrons. The first-order chi connectivity index (χ1) is 13.1. The predicted octanol–water partition coefficient (Wildman–Crippen LogP) is 6.40. The van der Waals surface area contributed by atoms with Gasteiger partial charge in [0.25, 0.3) is 0 Å². The minimum Gasteiger partial charge on any atom is -0.150 e. The molecule has 0 bridgehead atoms. The number of hydrogen-bond acceptors (Lipinski definition) is 2. The van der Waals surface area contributed by atoms with E-state index in [-0.39, 0.29) is 0 Å². The lowest BCUT2D eigenvalue weighted by atomic mass is 9.97. The third-order valence-electron chi connectivity index (χ3n) is 4.83. The minimum absolute atomic E-state index is 0.890. The molecule has 2 nitrogen and oxygen atoms in total. The average molecular weight is 350 g/mol. The van der Waals surface area contributed by atoms with Gasteiger partial charge < -0.3 is 0 Å². The Morgan fingerprint density at radius 3 is 1.44 bits per heavy atom. The van der Waals surface area contributed by atoms with Crippen LogP contribution < -0.4 is 0 Å². The van der Waals surface area contributed by atoms with Gasteiger partial charge in [0.1, 0.15) is 5.69 Å². The van der Waals surface area contributed by atoms with Gasteiger partial charge >= 0.3 is 0 Å². The van der Waals surface area contributed by atoms with Crippen LogP contribution in [0.2, 0.25) is 0 Å². The van der Waals surface area contributed by atoms with Crippen molar-refractivity contribution < 1.29 is 0 Å². The first kappa shape index (κ1) is 17.2. The Bertz CT molecular complexity index is 1060. The van der Waals surface area contributed by atoms with E-state index in [0.29, 0.717) is 0 Å². The fourth-order valence-electron chi connectivity index (χ4n) is 3.13. The summed E-state index contributed by atoms with van der Waals surface area (Å²) in [5.74, 6) is 0. The van der Waals surface area contributed by atoms with Crippen molar-refractivity contribution in [2.45, 2.75) is 20.8 Å². The van der Waals surface area contributed by atoms with Gasteiger partial charge in [-0.2, -0.15) is 0 Å². The summed E-state index contributed by atoms with van der Waals surface area (Å²) in [6.45, 7) is 6.29. The molecule has 0 saturated carbocycles. The lowest BCUT2D eigenvalue weighted by Gasteiger charge is -2.11. The molecule has 0 atom stereocenters. The molecule has 4 aromatic rings. The van der Waals surface area contributed by atoms with E-state index in [1.54, 1.807) is 0 Å². The predicted molar refractivity (Wildman–Crippen MR) is 113 cm³/mol. The van der Waals surface area contributed by atoms with Crippen molar-refractivity contribution >= 4 is 0 Å². The highest BCUT2D eigenvalue weighted by atomic mass is 15.1. The molecular formula is C25H22N2. The van der Waals surface area contributed by atoms with Crippen LogP contribution in [0.1, 0.15) is 16.7 Å². The molecule has 4 rings (SSSR count). The van der Waals surface area contributed by atoms with Gasteiger partial charge in [0.2, 0.25) is 0 Å². The van der Waals surface area contributed by atoms with Crippen LogP contribution in [0.5, 0.6) is 0 Å². The van der Waals surface area contributed by atoms with Gasteiger partial charge in [0.05, 0.1) is 5.69 Å². The smallest absolute Gasteiger partial charge is 0.101 e. The van der Waals surface area contributed by atoms with Gasteiger partial charge in [-0.15, -0.1) is 10.2 Å². The molecule has 0 saturated heterocycles. The topological polar surface area (TPSA) is 25.8 Å². The highest BCUT2D eigenvalue weighted by Gasteiger charge is 2.13. The molecule has 1 aromatic heterocycles. The summed E-state index contributed by atoms with van der Waals surface area (Å²) < 4.78 is 0. The molecule has 132 valence electrons. The summed E-state index contributed by atoms with van der Waals surface area (Å²) in [5, 5.41) is 9.16. The van der Waals surface area contributed by atoms with E-state index in [9.17, 15) is 0 Å². The zero-order valence-corrected chi connectivity index (χ0v) is 15.9. The molecule has 0 spiro atoms. The van der Waals surface area contributed by atoms with E-state index in [1.807, 2.05) is 0 Å². The second-order valence-corrected chi connectivity index (χ2v) is 7.09. The Kier molecular flexibility index (Phi) is 4.55. The molecule has 2 heteroatoms. The molecule has 0 amide bonds. The highest BCUT2D eigenvalue weighted by Crippen LogP contribution is 2.33. The minimum atomic E-state index is 0.890. The van der Waals surface area contributed by atoms with Crippen LogP contribution in [-0.2, 0) is 0 Å². The fraction of sp³-hybridized carbons (Fsp3) is 0.120. The quantitative estimate of drug-likeness (QED) is 0.427. The Morgan fingerprint density at radius 1 is 0.481 bits per heavy atom. The van der Waals surface area contributed by atoms with Crippen molar-refractivity contribution in [3.8, 4) is 33.6 Å². The second kappa shape index (κ2) is 7.16. The first-order valence-corrected chi connectivity index (χ1v) is 9.19. The van der Waals surface area contributed by atoms with Gasteiger partial charge in [0.15, 0.2) is 0 Å². The largest absolute Gasteiger partial charge is 0.150 e. The molecule has 0 aliphatic carbocycles. The SMILES string of the molecule is Cc1ccc(-c2cc(-c3ccc(C)cc3)c(-c3ccc(C)cc3)nn2)cc1. The monoisotopic (exact) mass is 350 g/mol. The summed E-state index contributed by atoms with van der Waals surface area (Å²) >= 11 is 0. The summed E-state index contributed by atoms with van der Waals surface area (Å²) in [7, 11) is 0. The number of nitrogens with zero attached hydrogens (tertiary/aromatic N) is 2. The van der Waals surface area contributed by atoms with Gasteiger partial charge in [0, 0.05) is 16.7 Å². The number of hydrogen-bond donors (Lipinski definition) is 0. The van der Waals surface area contributed by atoms with Crippen molar-refractivity contribution in [3.05, 3.63) is 95.6 Å². The first-order valence-electron chi connectivity index (χ1n) is 9.19. The van der Waals surface area contributed by atoms with E-state index in [2.05, 4.69) is 110 Å². The number of aromatic nitrogens is 2. The van der Waals surface area contributed by atoms with E-state index < -0.39 is 0 Å². The standard InChI is InChI=1S/C25H22N2/c1-17-4-10-20(11-5-17)23-16-24(21-12-6-18(2)7-13-21)26-27-25(23)22-14-8-19(3)9-15-22/h4-16H,1-3H3. The average Bonchev–Trinajstić information content (AvgIpc) is 2.69. The van der Waals surface area contributed by atoms with Gasteiger partial charge in [-0.05, 0) is 32.4 Å². The Morgan fingerprint density at radius 2 is 0.926 bits per heavy atom. The number of benzene rings is 3. The zero-order chi connectivity index (χ0) is 18.8. The van der Waals surface area contributed by atoms with E-state index in [1.165, 1.54) is 16.7 Å². The number of rotatable bonds is 3. The zero-order valence-electron chi connectivity index (χ0n) is 15.9. The van der Waals surface area contributed by atoms with Crippen LogP contribution in [0.15, 0.2) is 78.9 Å². The molecule has 0 N–H and O–H groups in total. The lowest BCUT2D eigenvalue weighted by molar-refractivity contribution is 1.05. The molecule has 0 unspecified atom stereocenters. The van der Waals surface area contributed by atoms with Crippen molar-refractivity contribution in [3.63, 3.8) is 0 Å². The van der Waals surface area contributed by atoms with Gasteiger partial charge in [-0.1, -0.05) is 89.5 Å². The van der Waals surface area contributed by atoms with Crippen molar-refractivity contribution in [2.24, 2.45) is 0 Å². The fourth-order valence-corrected chi connectivity index (χ4v) is 3.13. The lowest BCUT2D eigenvalue weighted by Crippen LogP contribution is -1.96. The van der Waals surface area contributed by atoms with Crippen LogP contribution >= 0.6 is 0 Å². The summed E-state index contributed by atoms with van der Waals surface area (Å²) in [5.41, 5.74) is 9.94. The molecule has 0 fully saturated rings. The van der Waals surface area contributed by atoms with Crippen LogP contribution in [-0.4, -0.2) is 10.2 Å². The maximum absolute atomic E-state index is 4.63. The van der Waals surface area contributed by atoms with Crippen LogP contribution in [0, 0.1) is 20.8 Å². The third kappa shape index (κ3) is 3.65. The maximum atomic E-state index is 4.63. The second-order valence-electron chi connectivity index (χ2n) is 7.09. The van der Waals surface area contributed by atoms with Crippen molar-refractivity contribution in [1.82, 2.24) is 10.2 Å². The Balaban J connectivity index is 1.89. The molecule has 0 aliphatic rings. The summed E-state index contributed by atoms with van der Waals surface area (Å²) in [6.07, 6.45) is 0. The molecule has 0 aliphatic heterocycles. The van der Waals surface area contributed by atoms with Gasteiger partial charge in [-0.25, -0.2) is 0 Å². The van der Waals surface area contributed by atoms with Gasteiger partial charge in [-0.3, -0.25) is 0 Å². The molecule has 3 aromatic carbocycles. The molecule has 1 heterocycles. The highest BCUT2D eigenvalue weighted by molar-refractivity contribution is 5.83. The van der Waals surface area contributed by atoms with E-state index >= 15 is 0 Å². The van der Waals surface area contributed by atoms with Crippen LogP contribution in [0.25, 0.3) is 33.6 Å². The Hall–Kier alpha value is -3.26. The van der Waals surface area contributed by atoms with Crippen LogP contribution in [0.3, 0.4) is 0 Å². The maximum Gasteiger partial charge on any atom is 0.101 e. The summed E-state index contributed by atoms with van der Waals surface area (Å²) in [4.78, 5) is 0. The molecule has 27 heavy (non-hydrogen) atoms. The summed E-state index contributed by atoms with van der Waals surface area (Å²) in [6, 6.07) is 27.6. The van der Waals surface area contributed by atoms with E-state index in [4.69, 9.17) is 0 Å². The van der Waals surface area contributed by atoms with Crippen LogP contribution in [0.4, 0.5) is 0 Å². The number of aryl methyl sites for hydroxylation is 3. The molecular weight excluding hydrogens is 328 g/mol.